The predicted octanol–water partition coefficient (Wildman–Crippen LogP) is 2.48. The lowest BCUT2D eigenvalue weighted by atomic mass is 9.81. The van der Waals surface area contributed by atoms with Crippen LogP contribution < -0.4 is 5.32 Å². The van der Waals surface area contributed by atoms with Gasteiger partial charge >= 0.3 is 5.97 Å². The molecular formula is C16H12FNO3. The molecule has 2 N–H and O–H groups in total. The van der Waals surface area contributed by atoms with Crippen molar-refractivity contribution in [2.45, 2.75) is 12.0 Å². The van der Waals surface area contributed by atoms with Crippen LogP contribution in [0.4, 0.5) is 4.39 Å². The van der Waals surface area contributed by atoms with Gasteiger partial charge in [0, 0.05) is 5.56 Å². The summed E-state index contributed by atoms with van der Waals surface area (Å²) in [6.07, 6.45) is 0. The fourth-order valence-corrected chi connectivity index (χ4v) is 2.68. The first-order chi connectivity index (χ1) is 10.1. The number of fused-ring (bicyclic) bond motifs is 1. The molecule has 1 aliphatic heterocycles. The first-order valence-corrected chi connectivity index (χ1v) is 6.46. The molecule has 4 nitrogen and oxygen atoms in total. The Kier molecular flexibility index (Phi) is 3.17. The summed E-state index contributed by atoms with van der Waals surface area (Å²) < 4.78 is 13.0. The molecule has 0 spiro atoms. The molecule has 0 radical (unpaired) electrons. The Morgan fingerprint density at radius 2 is 1.76 bits per heavy atom. The van der Waals surface area contributed by atoms with Crippen LogP contribution in [0.15, 0.2) is 48.5 Å². The second-order valence-corrected chi connectivity index (χ2v) is 4.91. The zero-order valence-electron chi connectivity index (χ0n) is 10.9. The first kappa shape index (κ1) is 13.3. The fraction of sp³-hybridized carbons (Fsp3) is 0.125. The first-order valence-electron chi connectivity index (χ1n) is 6.46. The summed E-state index contributed by atoms with van der Waals surface area (Å²) >= 11 is 0. The Hall–Kier alpha value is -2.69. The van der Waals surface area contributed by atoms with Gasteiger partial charge in [0.25, 0.3) is 5.91 Å². The van der Waals surface area contributed by atoms with Gasteiger partial charge in [0.2, 0.25) is 0 Å². The summed E-state index contributed by atoms with van der Waals surface area (Å²) in [4.78, 5) is 23.8. The van der Waals surface area contributed by atoms with Crippen LogP contribution in [-0.2, 0) is 4.79 Å². The smallest absolute Gasteiger partial charge is 0.313 e. The molecule has 0 unspecified atom stereocenters. The number of carboxylic acid groups (broad SMARTS) is 1. The van der Waals surface area contributed by atoms with Gasteiger partial charge in [-0.2, -0.15) is 0 Å². The number of benzene rings is 2. The van der Waals surface area contributed by atoms with Crippen molar-refractivity contribution in [2.75, 3.05) is 0 Å². The summed E-state index contributed by atoms with van der Waals surface area (Å²) in [7, 11) is 0. The van der Waals surface area contributed by atoms with Crippen molar-refractivity contribution in [3.63, 3.8) is 0 Å². The van der Waals surface area contributed by atoms with Crippen LogP contribution in [0.5, 0.6) is 0 Å². The van der Waals surface area contributed by atoms with Gasteiger partial charge in [0.15, 0.2) is 0 Å². The number of carbonyl (C=O) groups is 2. The van der Waals surface area contributed by atoms with E-state index < -0.39 is 23.7 Å². The van der Waals surface area contributed by atoms with Crippen molar-refractivity contribution >= 4 is 11.9 Å². The number of halogens is 1. The van der Waals surface area contributed by atoms with Crippen LogP contribution in [0.25, 0.3) is 0 Å². The molecule has 1 amide bonds. The van der Waals surface area contributed by atoms with Crippen LogP contribution >= 0.6 is 0 Å². The summed E-state index contributed by atoms with van der Waals surface area (Å²) in [6, 6.07) is 11.4. The number of aliphatic carboxylic acids is 1. The number of rotatable bonds is 2. The number of hydrogen-bond acceptors (Lipinski definition) is 2. The molecule has 106 valence electrons. The average molecular weight is 285 g/mol. The molecular weight excluding hydrogens is 273 g/mol. The van der Waals surface area contributed by atoms with E-state index in [-0.39, 0.29) is 5.91 Å². The van der Waals surface area contributed by atoms with Crippen LogP contribution in [0.3, 0.4) is 0 Å². The van der Waals surface area contributed by atoms with Crippen LogP contribution in [0, 0.1) is 5.82 Å². The van der Waals surface area contributed by atoms with Gasteiger partial charge in [-0.15, -0.1) is 0 Å². The zero-order chi connectivity index (χ0) is 15.0. The van der Waals surface area contributed by atoms with E-state index in [0.717, 1.165) is 0 Å². The van der Waals surface area contributed by atoms with E-state index in [1.54, 1.807) is 24.3 Å². The third-order valence-corrected chi connectivity index (χ3v) is 3.66. The standard InChI is InChI=1S/C16H12FNO3/c17-10-7-5-9(6-8-10)14-13(16(20)21)11-3-1-2-4-12(11)15(19)18-14/h1-8,13-14H,(H,18,19)(H,20,21)/t13-,14+/m0/s1. The molecule has 0 fully saturated rings. The van der Waals surface area contributed by atoms with Gasteiger partial charge in [0.05, 0.1) is 6.04 Å². The molecule has 21 heavy (non-hydrogen) atoms. The van der Waals surface area contributed by atoms with Gasteiger partial charge in [-0.05, 0) is 29.3 Å². The molecule has 2 aromatic carbocycles. The van der Waals surface area contributed by atoms with E-state index in [4.69, 9.17) is 0 Å². The molecule has 0 aromatic heterocycles. The molecule has 1 aliphatic rings. The Morgan fingerprint density at radius 3 is 2.43 bits per heavy atom. The maximum absolute atomic E-state index is 13.0. The van der Waals surface area contributed by atoms with E-state index in [2.05, 4.69) is 5.32 Å². The van der Waals surface area contributed by atoms with Crippen molar-refractivity contribution in [3.05, 3.63) is 71.0 Å². The monoisotopic (exact) mass is 285 g/mol. The van der Waals surface area contributed by atoms with E-state index in [1.165, 1.54) is 24.3 Å². The maximum atomic E-state index is 13.0. The predicted molar refractivity (Wildman–Crippen MR) is 73.4 cm³/mol. The van der Waals surface area contributed by atoms with E-state index in [1.807, 2.05) is 0 Å². The molecule has 1 heterocycles. The lowest BCUT2D eigenvalue weighted by Gasteiger charge is -2.31. The number of nitrogens with one attached hydrogen (secondary N) is 1. The van der Waals surface area contributed by atoms with Crippen LogP contribution in [-0.4, -0.2) is 17.0 Å². The molecule has 5 heteroatoms. The van der Waals surface area contributed by atoms with E-state index in [9.17, 15) is 19.1 Å². The van der Waals surface area contributed by atoms with Crippen molar-refractivity contribution in [1.82, 2.24) is 5.32 Å². The van der Waals surface area contributed by atoms with E-state index in [0.29, 0.717) is 16.7 Å². The molecule has 2 atom stereocenters. The summed E-state index contributed by atoms with van der Waals surface area (Å²) in [6.45, 7) is 0. The zero-order valence-corrected chi connectivity index (χ0v) is 10.9. The second kappa shape index (κ2) is 5.01. The van der Waals surface area contributed by atoms with Gasteiger partial charge in [-0.25, -0.2) is 4.39 Å². The summed E-state index contributed by atoms with van der Waals surface area (Å²) in [5.74, 6) is -2.66. The molecule has 0 bridgehead atoms. The number of hydrogen-bond donors (Lipinski definition) is 2. The van der Waals surface area contributed by atoms with Gasteiger partial charge in [-0.1, -0.05) is 30.3 Å². The van der Waals surface area contributed by atoms with Gasteiger partial charge in [-0.3, -0.25) is 9.59 Å². The number of amides is 1. The van der Waals surface area contributed by atoms with E-state index >= 15 is 0 Å². The minimum atomic E-state index is -1.03. The third kappa shape index (κ3) is 2.27. The normalized spacial score (nSPS) is 20.5. The Labute approximate surface area is 120 Å². The molecule has 0 saturated heterocycles. The van der Waals surface area contributed by atoms with Gasteiger partial charge in [0.1, 0.15) is 11.7 Å². The topological polar surface area (TPSA) is 66.4 Å². The lowest BCUT2D eigenvalue weighted by Crippen LogP contribution is -2.41. The number of carboxylic acids is 1. The Morgan fingerprint density at radius 1 is 1.10 bits per heavy atom. The highest BCUT2D eigenvalue weighted by Gasteiger charge is 2.38. The Bertz CT molecular complexity index is 712. The summed E-state index contributed by atoms with van der Waals surface area (Å²) in [5.41, 5.74) is 1.40. The van der Waals surface area contributed by atoms with Crippen molar-refractivity contribution < 1.29 is 19.1 Å². The highest BCUT2D eigenvalue weighted by atomic mass is 19.1. The molecule has 0 aliphatic carbocycles. The minimum Gasteiger partial charge on any atom is -0.481 e. The average Bonchev–Trinajstić information content (AvgIpc) is 2.47. The molecule has 3 rings (SSSR count). The van der Waals surface area contributed by atoms with Gasteiger partial charge < -0.3 is 10.4 Å². The van der Waals surface area contributed by atoms with Crippen molar-refractivity contribution in [2.24, 2.45) is 0 Å². The fourth-order valence-electron chi connectivity index (χ4n) is 2.68. The molecule has 2 aromatic rings. The Balaban J connectivity index is 2.11. The second-order valence-electron chi connectivity index (χ2n) is 4.91. The lowest BCUT2D eigenvalue weighted by molar-refractivity contribution is -0.139. The van der Waals surface area contributed by atoms with Crippen LogP contribution in [0.2, 0.25) is 0 Å². The highest BCUT2D eigenvalue weighted by molar-refractivity contribution is 6.00. The molecule has 0 saturated carbocycles. The van der Waals surface area contributed by atoms with Crippen molar-refractivity contribution in [1.29, 1.82) is 0 Å². The summed E-state index contributed by atoms with van der Waals surface area (Å²) in [5, 5.41) is 12.2. The highest BCUT2D eigenvalue weighted by Crippen LogP contribution is 2.37. The van der Waals surface area contributed by atoms with Crippen molar-refractivity contribution in [3.8, 4) is 0 Å². The maximum Gasteiger partial charge on any atom is 0.313 e. The SMILES string of the molecule is O=C1N[C@H](c2ccc(F)cc2)[C@@H](C(=O)O)c2ccccc21. The third-order valence-electron chi connectivity index (χ3n) is 3.66. The minimum absolute atomic E-state index is 0.322. The largest absolute Gasteiger partial charge is 0.481 e. The van der Waals surface area contributed by atoms with Crippen LogP contribution in [0.1, 0.15) is 33.4 Å². The quantitative estimate of drug-likeness (QED) is 0.890. The number of carbonyl (C=O) groups excluding carboxylic acids is 1.